The van der Waals surface area contributed by atoms with Crippen LogP contribution in [0.4, 0.5) is 5.69 Å². The van der Waals surface area contributed by atoms with Crippen molar-refractivity contribution < 1.29 is 8.42 Å². The fourth-order valence-electron chi connectivity index (χ4n) is 1.86. The number of aromatic nitrogens is 2. The highest BCUT2D eigenvalue weighted by Gasteiger charge is 2.22. The molecule has 0 aliphatic heterocycles. The first-order valence-corrected chi connectivity index (χ1v) is 8.34. The molecular weight excluding hydrogens is 282 g/mol. The van der Waals surface area contributed by atoms with Crippen molar-refractivity contribution in [1.29, 1.82) is 0 Å². The van der Waals surface area contributed by atoms with E-state index < -0.39 is 10.0 Å². The van der Waals surface area contributed by atoms with Gasteiger partial charge >= 0.3 is 0 Å². The van der Waals surface area contributed by atoms with Gasteiger partial charge in [0.05, 0.1) is 17.1 Å². The van der Waals surface area contributed by atoms with E-state index >= 15 is 0 Å². The van der Waals surface area contributed by atoms with Gasteiger partial charge in [-0.05, 0) is 32.2 Å². The summed E-state index contributed by atoms with van der Waals surface area (Å²) in [5, 5.41) is 6.60. The maximum absolute atomic E-state index is 12.4. The van der Waals surface area contributed by atoms with Crippen molar-refractivity contribution in [2.45, 2.75) is 23.6 Å². The van der Waals surface area contributed by atoms with E-state index in [1.165, 1.54) is 11.8 Å². The molecule has 0 aliphatic rings. The second-order valence-electron chi connectivity index (χ2n) is 4.07. The second-order valence-corrected chi connectivity index (χ2v) is 6.54. The number of anilines is 1. The molecule has 1 aromatic heterocycles. The Hall–Kier alpha value is -1.47. The third-order valence-electron chi connectivity index (χ3n) is 2.68. The molecule has 7 heteroatoms. The molecule has 5 nitrogen and oxygen atoms in total. The van der Waals surface area contributed by atoms with Crippen LogP contribution in [0.15, 0.2) is 34.1 Å². The van der Waals surface area contributed by atoms with E-state index in [-0.39, 0.29) is 4.90 Å². The largest absolute Gasteiger partial charge is 0.281 e. The Morgan fingerprint density at radius 1 is 1.26 bits per heavy atom. The molecule has 2 N–H and O–H groups in total. The average molecular weight is 297 g/mol. The molecule has 102 valence electrons. The Morgan fingerprint density at radius 3 is 2.53 bits per heavy atom. The summed E-state index contributed by atoms with van der Waals surface area (Å²) >= 11 is 1.49. The molecule has 0 spiro atoms. The summed E-state index contributed by atoms with van der Waals surface area (Å²) in [5.74, 6) is 0. The lowest BCUT2D eigenvalue weighted by atomic mass is 10.3. The summed E-state index contributed by atoms with van der Waals surface area (Å²) < 4.78 is 27.4. The summed E-state index contributed by atoms with van der Waals surface area (Å²) in [6.45, 7) is 3.35. The van der Waals surface area contributed by atoms with Gasteiger partial charge in [-0.1, -0.05) is 12.1 Å². The lowest BCUT2D eigenvalue weighted by Crippen LogP contribution is -2.15. The summed E-state index contributed by atoms with van der Waals surface area (Å²) in [5.41, 5.74) is 1.58. The van der Waals surface area contributed by atoms with Gasteiger partial charge < -0.3 is 0 Å². The molecule has 2 aromatic rings. The van der Waals surface area contributed by atoms with Gasteiger partial charge in [0.2, 0.25) is 0 Å². The number of benzene rings is 1. The Balaban J connectivity index is 2.43. The summed E-state index contributed by atoms with van der Waals surface area (Å²) in [4.78, 5) is 1.09. The zero-order chi connectivity index (χ0) is 14.0. The molecule has 0 saturated heterocycles. The summed E-state index contributed by atoms with van der Waals surface area (Å²) in [7, 11) is -3.62. The standard InChI is InChI=1S/C12H15N3O2S2/c1-8-12(9(2)14-13-8)19(16,17)15-10-6-4-5-7-11(10)18-3/h4-7,15H,1-3H3,(H,13,14). The number of rotatable bonds is 4. The van der Waals surface area contributed by atoms with Gasteiger partial charge in [-0.3, -0.25) is 9.82 Å². The van der Waals surface area contributed by atoms with Gasteiger partial charge in [-0.25, -0.2) is 8.42 Å². The third-order valence-corrected chi connectivity index (χ3v) is 5.10. The van der Waals surface area contributed by atoms with Crippen molar-refractivity contribution >= 4 is 27.5 Å². The number of nitrogens with one attached hydrogen (secondary N) is 2. The van der Waals surface area contributed by atoms with Crippen LogP contribution in [-0.4, -0.2) is 24.9 Å². The minimum Gasteiger partial charge on any atom is -0.281 e. The first-order valence-electron chi connectivity index (χ1n) is 5.63. The van der Waals surface area contributed by atoms with E-state index in [0.717, 1.165) is 4.90 Å². The maximum Gasteiger partial charge on any atom is 0.265 e. The van der Waals surface area contributed by atoms with Crippen molar-refractivity contribution in [3.63, 3.8) is 0 Å². The fraction of sp³-hybridized carbons (Fsp3) is 0.250. The average Bonchev–Trinajstić information content (AvgIpc) is 2.70. The van der Waals surface area contributed by atoms with E-state index in [4.69, 9.17) is 0 Å². The van der Waals surface area contributed by atoms with Gasteiger partial charge in [-0.2, -0.15) is 5.10 Å². The lowest BCUT2D eigenvalue weighted by Gasteiger charge is -2.11. The maximum atomic E-state index is 12.4. The Bertz CT molecular complexity index is 673. The first-order chi connectivity index (χ1) is 8.95. The molecule has 2 rings (SSSR count). The quantitative estimate of drug-likeness (QED) is 0.850. The second kappa shape index (κ2) is 5.26. The minimum atomic E-state index is -3.62. The number of H-pyrrole nitrogens is 1. The Labute approximate surface area is 116 Å². The van der Waals surface area contributed by atoms with Gasteiger partial charge in [0, 0.05) is 4.90 Å². The Morgan fingerprint density at radius 2 is 1.95 bits per heavy atom. The number of thioether (sulfide) groups is 1. The van der Waals surface area contributed by atoms with Crippen molar-refractivity contribution in [1.82, 2.24) is 10.2 Å². The smallest absolute Gasteiger partial charge is 0.265 e. The minimum absolute atomic E-state index is 0.211. The number of aromatic amines is 1. The summed E-state index contributed by atoms with van der Waals surface area (Å²) in [6.07, 6.45) is 1.90. The summed E-state index contributed by atoms with van der Waals surface area (Å²) in [6, 6.07) is 7.29. The van der Waals surface area contributed by atoms with Crippen LogP contribution in [-0.2, 0) is 10.0 Å². The number of para-hydroxylation sites is 1. The highest BCUT2D eigenvalue weighted by molar-refractivity contribution is 7.99. The molecule has 0 atom stereocenters. The van der Waals surface area contributed by atoms with Crippen molar-refractivity contribution in [3.8, 4) is 0 Å². The predicted octanol–water partition coefficient (Wildman–Crippen LogP) is 2.55. The zero-order valence-electron chi connectivity index (χ0n) is 10.9. The Kier molecular flexibility index (Phi) is 3.86. The van der Waals surface area contributed by atoms with Crippen molar-refractivity contribution in [2.75, 3.05) is 11.0 Å². The van der Waals surface area contributed by atoms with E-state index in [0.29, 0.717) is 17.1 Å². The molecule has 0 amide bonds. The van der Waals surface area contributed by atoms with Crippen LogP contribution in [0, 0.1) is 13.8 Å². The van der Waals surface area contributed by atoms with Crippen LogP contribution >= 0.6 is 11.8 Å². The van der Waals surface area contributed by atoms with Crippen molar-refractivity contribution in [2.24, 2.45) is 0 Å². The van der Waals surface area contributed by atoms with Crippen LogP contribution < -0.4 is 4.72 Å². The molecule has 0 radical (unpaired) electrons. The fourth-order valence-corrected chi connectivity index (χ4v) is 3.93. The van der Waals surface area contributed by atoms with Crippen LogP contribution in [0.2, 0.25) is 0 Å². The topological polar surface area (TPSA) is 74.8 Å². The van der Waals surface area contributed by atoms with Gasteiger partial charge in [-0.15, -0.1) is 11.8 Å². The van der Waals surface area contributed by atoms with Crippen LogP contribution in [0.3, 0.4) is 0 Å². The molecule has 19 heavy (non-hydrogen) atoms. The number of aryl methyl sites for hydroxylation is 2. The van der Waals surface area contributed by atoms with Gasteiger partial charge in [0.25, 0.3) is 10.0 Å². The highest BCUT2D eigenvalue weighted by Crippen LogP contribution is 2.28. The molecule has 0 fully saturated rings. The van der Waals surface area contributed by atoms with Crippen molar-refractivity contribution in [3.05, 3.63) is 35.7 Å². The van der Waals surface area contributed by atoms with Crippen LogP contribution in [0.1, 0.15) is 11.4 Å². The van der Waals surface area contributed by atoms with Gasteiger partial charge in [0.15, 0.2) is 0 Å². The first kappa shape index (κ1) is 14.0. The molecular formula is C12H15N3O2S2. The lowest BCUT2D eigenvalue weighted by molar-refractivity contribution is 0.600. The van der Waals surface area contributed by atoms with E-state index in [1.807, 2.05) is 18.4 Å². The number of nitrogens with zero attached hydrogens (tertiary/aromatic N) is 1. The van der Waals surface area contributed by atoms with E-state index in [2.05, 4.69) is 14.9 Å². The zero-order valence-corrected chi connectivity index (χ0v) is 12.5. The molecule has 0 saturated carbocycles. The SMILES string of the molecule is CSc1ccccc1NS(=O)(=O)c1c(C)n[nH]c1C. The number of sulfonamides is 1. The van der Waals surface area contributed by atoms with Gasteiger partial charge in [0.1, 0.15) is 4.90 Å². The monoisotopic (exact) mass is 297 g/mol. The predicted molar refractivity (Wildman–Crippen MR) is 77.1 cm³/mol. The third kappa shape index (κ3) is 2.76. The van der Waals surface area contributed by atoms with E-state index in [1.54, 1.807) is 26.0 Å². The molecule has 0 unspecified atom stereocenters. The normalized spacial score (nSPS) is 11.5. The molecule has 1 aromatic carbocycles. The number of hydrogen-bond acceptors (Lipinski definition) is 4. The van der Waals surface area contributed by atoms with Crippen LogP contribution in [0.25, 0.3) is 0 Å². The molecule has 1 heterocycles. The molecule has 0 bridgehead atoms. The highest BCUT2D eigenvalue weighted by atomic mass is 32.2. The van der Waals surface area contributed by atoms with Crippen LogP contribution in [0.5, 0.6) is 0 Å². The van der Waals surface area contributed by atoms with E-state index in [9.17, 15) is 8.42 Å². The molecule has 0 aliphatic carbocycles. The number of hydrogen-bond donors (Lipinski definition) is 2.